The lowest BCUT2D eigenvalue weighted by Gasteiger charge is -2.19. The maximum absolute atomic E-state index is 12.1. The highest BCUT2D eigenvalue weighted by atomic mass is 16.5. The fourth-order valence-corrected chi connectivity index (χ4v) is 3.52. The average molecular weight is 302 g/mol. The Morgan fingerprint density at radius 3 is 2.68 bits per heavy atom. The van der Waals surface area contributed by atoms with Gasteiger partial charge in [-0.15, -0.1) is 0 Å². The number of allylic oxidation sites excluding steroid dienone is 3. The molecule has 1 saturated carbocycles. The zero-order valence-corrected chi connectivity index (χ0v) is 14.9. The Balaban J connectivity index is 2.21. The van der Waals surface area contributed by atoms with Crippen LogP contribution in [-0.2, 0) is 9.53 Å². The molecule has 0 radical (unpaired) electrons. The maximum atomic E-state index is 12.1. The van der Waals surface area contributed by atoms with Gasteiger partial charge < -0.3 is 4.74 Å². The molecule has 0 saturated heterocycles. The molecular weight excluding hydrogens is 272 g/mol. The van der Waals surface area contributed by atoms with Crippen LogP contribution >= 0.6 is 0 Å². The predicted octanol–water partition coefficient (Wildman–Crippen LogP) is 5.21. The molecule has 0 aromatic heterocycles. The van der Waals surface area contributed by atoms with Crippen LogP contribution in [0.5, 0.6) is 0 Å². The molecule has 0 aliphatic heterocycles. The van der Waals surface area contributed by atoms with Gasteiger partial charge in [-0.2, -0.15) is 0 Å². The number of hydrogen-bond donors (Lipinski definition) is 0. The van der Waals surface area contributed by atoms with Crippen LogP contribution in [0.4, 0.5) is 0 Å². The molecule has 1 fully saturated rings. The number of fused-ring (bicyclic) bond motifs is 1. The van der Waals surface area contributed by atoms with Crippen molar-refractivity contribution in [3.05, 3.63) is 34.9 Å². The summed E-state index contributed by atoms with van der Waals surface area (Å²) >= 11 is 0. The van der Waals surface area contributed by atoms with E-state index in [0.717, 1.165) is 18.8 Å². The molecule has 0 N–H and O–H groups in total. The van der Waals surface area contributed by atoms with Crippen molar-refractivity contribution in [3.8, 4) is 0 Å². The maximum Gasteiger partial charge on any atom is 0.333 e. The first-order valence-corrected chi connectivity index (χ1v) is 8.45. The third-order valence-corrected chi connectivity index (χ3v) is 5.62. The molecule has 2 rings (SSSR count). The topological polar surface area (TPSA) is 26.3 Å². The molecule has 3 atom stereocenters. The Morgan fingerprint density at radius 1 is 1.36 bits per heavy atom. The molecular formula is C20H30O2. The zero-order chi connectivity index (χ0) is 16.5. The summed E-state index contributed by atoms with van der Waals surface area (Å²) in [5, 5.41) is 0. The Labute approximate surface area is 135 Å². The van der Waals surface area contributed by atoms with Crippen LogP contribution < -0.4 is 0 Å². The third kappa shape index (κ3) is 3.53. The van der Waals surface area contributed by atoms with Crippen molar-refractivity contribution in [1.82, 2.24) is 0 Å². The SMILES string of the molecule is CC=C(C)C(=O)OC1CC=C(C)CCC2C(C=C1C)C2(C)C. The third-order valence-electron chi connectivity index (χ3n) is 5.62. The number of carbonyl (C=O) groups excluding carboxylic acids is 1. The fraction of sp³-hybridized carbons (Fsp3) is 0.650. The minimum Gasteiger partial charge on any atom is -0.454 e. The minimum atomic E-state index is -0.199. The Bertz CT molecular complexity index is 534. The largest absolute Gasteiger partial charge is 0.454 e. The quantitative estimate of drug-likeness (QED) is 0.397. The Hall–Kier alpha value is -1.31. The summed E-state index contributed by atoms with van der Waals surface area (Å²) in [5.41, 5.74) is 3.68. The Kier molecular flexibility index (Phi) is 4.99. The second-order valence-corrected chi connectivity index (χ2v) is 7.55. The lowest BCUT2D eigenvalue weighted by molar-refractivity contribution is -0.142. The molecule has 2 nitrogen and oxygen atoms in total. The van der Waals surface area contributed by atoms with Gasteiger partial charge in [-0.3, -0.25) is 0 Å². The summed E-state index contributed by atoms with van der Waals surface area (Å²) in [6.07, 6.45) is 9.50. The lowest BCUT2D eigenvalue weighted by atomic mass is 9.99. The first-order valence-electron chi connectivity index (χ1n) is 8.45. The highest BCUT2D eigenvalue weighted by Crippen LogP contribution is 2.61. The lowest BCUT2D eigenvalue weighted by Crippen LogP contribution is -2.20. The van der Waals surface area contributed by atoms with E-state index in [1.54, 1.807) is 0 Å². The molecule has 0 aromatic rings. The number of ether oxygens (including phenoxy) is 1. The molecule has 3 unspecified atom stereocenters. The van der Waals surface area contributed by atoms with E-state index in [2.05, 4.69) is 39.8 Å². The van der Waals surface area contributed by atoms with Crippen LogP contribution in [0.2, 0.25) is 0 Å². The van der Waals surface area contributed by atoms with Crippen LogP contribution in [0, 0.1) is 17.3 Å². The van der Waals surface area contributed by atoms with Gasteiger partial charge in [0, 0.05) is 12.0 Å². The fourth-order valence-electron chi connectivity index (χ4n) is 3.52. The van der Waals surface area contributed by atoms with Gasteiger partial charge in [0.1, 0.15) is 6.10 Å². The van der Waals surface area contributed by atoms with Gasteiger partial charge in [0.25, 0.3) is 0 Å². The van der Waals surface area contributed by atoms with Gasteiger partial charge in [0.05, 0.1) is 0 Å². The van der Waals surface area contributed by atoms with Gasteiger partial charge in [0.2, 0.25) is 0 Å². The molecule has 0 amide bonds. The van der Waals surface area contributed by atoms with Crippen molar-refractivity contribution >= 4 is 5.97 Å². The van der Waals surface area contributed by atoms with Crippen molar-refractivity contribution < 1.29 is 9.53 Å². The van der Waals surface area contributed by atoms with Crippen LogP contribution in [-0.4, -0.2) is 12.1 Å². The smallest absolute Gasteiger partial charge is 0.333 e. The van der Waals surface area contributed by atoms with E-state index in [-0.39, 0.29) is 12.1 Å². The van der Waals surface area contributed by atoms with Crippen molar-refractivity contribution in [2.45, 2.75) is 66.9 Å². The molecule has 0 aromatic carbocycles. The van der Waals surface area contributed by atoms with E-state index < -0.39 is 0 Å². The van der Waals surface area contributed by atoms with E-state index in [0.29, 0.717) is 16.9 Å². The van der Waals surface area contributed by atoms with Crippen LogP contribution in [0.25, 0.3) is 0 Å². The summed E-state index contributed by atoms with van der Waals surface area (Å²) < 4.78 is 5.75. The monoisotopic (exact) mass is 302 g/mol. The molecule has 0 heterocycles. The van der Waals surface area contributed by atoms with E-state index in [9.17, 15) is 4.79 Å². The second-order valence-electron chi connectivity index (χ2n) is 7.55. The first kappa shape index (κ1) is 17.1. The van der Waals surface area contributed by atoms with E-state index in [1.165, 1.54) is 17.6 Å². The standard InChI is InChI=1S/C20H30O2/c1-7-14(3)19(21)22-18-11-9-13(2)8-10-16-17(12-15(18)4)20(16,5)6/h7,9,12,16-18H,8,10-11H2,1-6H3. The molecule has 0 spiro atoms. The highest BCUT2D eigenvalue weighted by Gasteiger charge is 2.55. The molecule has 22 heavy (non-hydrogen) atoms. The van der Waals surface area contributed by atoms with Crippen molar-refractivity contribution in [2.75, 3.05) is 0 Å². The van der Waals surface area contributed by atoms with Gasteiger partial charge >= 0.3 is 5.97 Å². The first-order chi connectivity index (χ1) is 10.3. The van der Waals surface area contributed by atoms with Crippen molar-refractivity contribution in [3.63, 3.8) is 0 Å². The minimum absolute atomic E-state index is 0.132. The normalized spacial score (nSPS) is 31.5. The van der Waals surface area contributed by atoms with Crippen LogP contribution in [0.15, 0.2) is 34.9 Å². The number of rotatable bonds is 2. The van der Waals surface area contributed by atoms with Crippen molar-refractivity contribution in [2.24, 2.45) is 17.3 Å². The van der Waals surface area contributed by atoms with E-state index >= 15 is 0 Å². The second kappa shape index (κ2) is 6.44. The van der Waals surface area contributed by atoms with E-state index in [1.807, 2.05) is 19.9 Å². The summed E-state index contributed by atoms with van der Waals surface area (Å²) in [7, 11) is 0. The molecule has 2 heteroatoms. The van der Waals surface area contributed by atoms with E-state index in [4.69, 9.17) is 4.74 Å². The average Bonchev–Trinajstić information content (AvgIpc) is 2.99. The highest BCUT2D eigenvalue weighted by molar-refractivity contribution is 5.87. The van der Waals surface area contributed by atoms with Crippen molar-refractivity contribution in [1.29, 1.82) is 0 Å². The molecule has 2 aliphatic carbocycles. The summed E-state index contributed by atoms with van der Waals surface area (Å²) in [6, 6.07) is 0. The molecule has 0 bridgehead atoms. The predicted molar refractivity (Wildman–Crippen MR) is 91.4 cm³/mol. The van der Waals surface area contributed by atoms with Crippen LogP contribution in [0.3, 0.4) is 0 Å². The molecule has 2 aliphatic rings. The zero-order valence-electron chi connectivity index (χ0n) is 14.9. The molecule has 122 valence electrons. The van der Waals surface area contributed by atoms with Gasteiger partial charge in [0.15, 0.2) is 0 Å². The Morgan fingerprint density at radius 2 is 2.05 bits per heavy atom. The number of carbonyl (C=O) groups is 1. The van der Waals surface area contributed by atoms with Gasteiger partial charge in [-0.25, -0.2) is 4.79 Å². The summed E-state index contributed by atoms with van der Waals surface area (Å²) in [6.45, 7) is 12.7. The van der Waals surface area contributed by atoms with Gasteiger partial charge in [-0.1, -0.05) is 37.6 Å². The van der Waals surface area contributed by atoms with Crippen LogP contribution in [0.1, 0.15) is 60.8 Å². The van der Waals surface area contributed by atoms with Gasteiger partial charge in [-0.05, 0) is 63.4 Å². The summed E-state index contributed by atoms with van der Waals surface area (Å²) in [4.78, 5) is 12.1. The number of esters is 1. The number of hydrogen-bond acceptors (Lipinski definition) is 2. The summed E-state index contributed by atoms with van der Waals surface area (Å²) in [5.74, 6) is 1.19.